The molecule has 5 nitrogen and oxygen atoms in total. The number of anilines is 1. The van der Waals surface area contributed by atoms with Gasteiger partial charge in [0.2, 0.25) is 11.8 Å². The van der Waals surface area contributed by atoms with Gasteiger partial charge in [-0.1, -0.05) is 72.8 Å². The van der Waals surface area contributed by atoms with Crippen molar-refractivity contribution in [2.24, 2.45) is 0 Å². The zero-order chi connectivity index (χ0) is 22.8. The van der Waals surface area contributed by atoms with E-state index in [0.29, 0.717) is 18.7 Å². The van der Waals surface area contributed by atoms with Gasteiger partial charge in [-0.05, 0) is 42.2 Å². The van der Waals surface area contributed by atoms with Crippen LogP contribution in [0.5, 0.6) is 0 Å². The van der Waals surface area contributed by atoms with E-state index in [4.69, 9.17) is 0 Å². The van der Waals surface area contributed by atoms with Crippen LogP contribution in [0.1, 0.15) is 18.9 Å². The predicted octanol–water partition coefficient (Wildman–Crippen LogP) is 5.07. The molecule has 2 amide bonds. The topological polar surface area (TPSA) is 62.3 Å². The molecule has 0 bridgehead atoms. The van der Waals surface area contributed by atoms with Crippen LogP contribution in [-0.2, 0) is 16.0 Å². The predicted molar refractivity (Wildman–Crippen MR) is 131 cm³/mol. The van der Waals surface area contributed by atoms with Crippen LogP contribution in [0.4, 0.5) is 5.69 Å². The standard InChI is InChI=1S/C28H25N3O2/c1-28(27(33)30-24-18-23-9-5-6-10-25(23)29-19-24)15-16-31(28)26(32)17-20-11-13-22(14-12-20)21-7-3-2-4-8-21/h2-14,18-19H,15-17H2,1H3,(H,30,33). The molecule has 1 atom stereocenters. The Labute approximate surface area is 193 Å². The maximum absolute atomic E-state index is 13.1. The quantitative estimate of drug-likeness (QED) is 0.476. The van der Waals surface area contributed by atoms with E-state index in [0.717, 1.165) is 27.6 Å². The van der Waals surface area contributed by atoms with Crippen molar-refractivity contribution in [1.29, 1.82) is 0 Å². The van der Waals surface area contributed by atoms with E-state index in [1.807, 2.05) is 79.7 Å². The molecular weight excluding hydrogens is 410 g/mol. The zero-order valence-electron chi connectivity index (χ0n) is 18.5. The number of hydrogen-bond acceptors (Lipinski definition) is 3. The molecule has 4 aromatic rings. The Morgan fingerprint density at radius 1 is 0.939 bits per heavy atom. The number of aromatic nitrogens is 1. The Morgan fingerprint density at radius 3 is 2.36 bits per heavy atom. The highest BCUT2D eigenvalue weighted by Gasteiger charge is 2.49. The van der Waals surface area contributed by atoms with Crippen molar-refractivity contribution in [2.75, 3.05) is 11.9 Å². The van der Waals surface area contributed by atoms with Crippen molar-refractivity contribution >= 4 is 28.4 Å². The van der Waals surface area contributed by atoms with Gasteiger partial charge in [-0.3, -0.25) is 14.6 Å². The second-order valence-electron chi connectivity index (χ2n) is 8.68. The second kappa shape index (κ2) is 8.51. The van der Waals surface area contributed by atoms with Gasteiger partial charge in [-0.15, -0.1) is 0 Å². The van der Waals surface area contributed by atoms with Crippen molar-refractivity contribution in [1.82, 2.24) is 9.88 Å². The van der Waals surface area contributed by atoms with E-state index in [1.54, 1.807) is 11.1 Å². The summed E-state index contributed by atoms with van der Waals surface area (Å²) in [6.45, 7) is 2.41. The van der Waals surface area contributed by atoms with Gasteiger partial charge in [0.25, 0.3) is 0 Å². The maximum Gasteiger partial charge on any atom is 0.250 e. The van der Waals surface area contributed by atoms with E-state index < -0.39 is 5.54 Å². The lowest BCUT2D eigenvalue weighted by Crippen LogP contribution is -2.66. The summed E-state index contributed by atoms with van der Waals surface area (Å²) in [4.78, 5) is 32.2. The third kappa shape index (κ3) is 4.10. The number of carbonyl (C=O) groups is 2. The van der Waals surface area contributed by atoms with Crippen LogP contribution in [-0.4, -0.2) is 33.8 Å². The van der Waals surface area contributed by atoms with Gasteiger partial charge in [0.05, 0.1) is 23.8 Å². The molecule has 3 aromatic carbocycles. The fraction of sp³-hybridized carbons (Fsp3) is 0.179. The molecular formula is C28H25N3O2. The third-order valence-electron chi connectivity index (χ3n) is 6.47. The van der Waals surface area contributed by atoms with Crippen LogP contribution in [0.2, 0.25) is 0 Å². The molecule has 1 unspecified atom stereocenters. The summed E-state index contributed by atoms with van der Waals surface area (Å²) in [5.41, 5.74) is 3.85. The molecule has 1 fully saturated rings. The highest BCUT2D eigenvalue weighted by molar-refractivity contribution is 6.02. The summed E-state index contributed by atoms with van der Waals surface area (Å²) in [5, 5.41) is 3.91. The molecule has 5 heteroatoms. The Morgan fingerprint density at radius 2 is 1.64 bits per heavy atom. The second-order valence-corrected chi connectivity index (χ2v) is 8.68. The van der Waals surface area contributed by atoms with Gasteiger partial charge < -0.3 is 10.2 Å². The summed E-state index contributed by atoms with van der Waals surface area (Å²) in [7, 11) is 0. The maximum atomic E-state index is 13.1. The minimum atomic E-state index is -0.854. The van der Waals surface area contributed by atoms with Crippen LogP contribution in [0, 0.1) is 0 Å². The first-order valence-corrected chi connectivity index (χ1v) is 11.1. The number of benzene rings is 3. The Hall–Kier alpha value is -3.99. The van der Waals surface area contributed by atoms with E-state index >= 15 is 0 Å². The molecule has 1 N–H and O–H groups in total. The van der Waals surface area contributed by atoms with Crippen LogP contribution < -0.4 is 5.32 Å². The third-order valence-corrected chi connectivity index (χ3v) is 6.47. The van der Waals surface area contributed by atoms with Crippen LogP contribution in [0.3, 0.4) is 0 Å². The van der Waals surface area contributed by atoms with Gasteiger partial charge in [0.15, 0.2) is 0 Å². The zero-order valence-corrected chi connectivity index (χ0v) is 18.5. The summed E-state index contributed by atoms with van der Waals surface area (Å²) in [5.74, 6) is -0.221. The number of para-hydroxylation sites is 1. The first-order chi connectivity index (χ1) is 16.0. The molecule has 0 spiro atoms. The monoisotopic (exact) mass is 435 g/mol. The van der Waals surface area contributed by atoms with E-state index in [1.165, 1.54) is 0 Å². The first-order valence-electron chi connectivity index (χ1n) is 11.1. The first kappa shape index (κ1) is 20.9. The van der Waals surface area contributed by atoms with Crippen molar-refractivity contribution in [3.63, 3.8) is 0 Å². The molecule has 164 valence electrons. The number of carbonyl (C=O) groups excluding carboxylic acids is 2. The van der Waals surface area contributed by atoms with Gasteiger partial charge >= 0.3 is 0 Å². The molecule has 1 aliphatic rings. The van der Waals surface area contributed by atoms with Gasteiger partial charge in [0, 0.05) is 11.9 Å². The van der Waals surface area contributed by atoms with E-state index in [9.17, 15) is 9.59 Å². The largest absolute Gasteiger partial charge is 0.328 e. The number of fused-ring (bicyclic) bond motifs is 1. The van der Waals surface area contributed by atoms with Gasteiger partial charge in [0.1, 0.15) is 5.54 Å². The number of nitrogens with one attached hydrogen (secondary N) is 1. The Balaban J connectivity index is 1.25. The average Bonchev–Trinajstić information content (AvgIpc) is 2.83. The number of hydrogen-bond donors (Lipinski definition) is 1. The van der Waals surface area contributed by atoms with E-state index in [-0.39, 0.29) is 18.2 Å². The lowest BCUT2D eigenvalue weighted by atomic mass is 9.84. The lowest BCUT2D eigenvalue weighted by Gasteiger charge is -2.49. The molecule has 2 heterocycles. The summed E-state index contributed by atoms with van der Waals surface area (Å²) in [6.07, 6.45) is 2.57. The molecule has 1 aromatic heterocycles. The minimum Gasteiger partial charge on any atom is -0.328 e. The highest BCUT2D eigenvalue weighted by Crippen LogP contribution is 2.33. The number of rotatable bonds is 5. The number of amides is 2. The summed E-state index contributed by atoms with van der Waals surface area (Å²) < 4.78 is 0. The van der Waals surface area contributed by atoms with Crippen molar-refractivity contribution in [3.8, 4) is 11.1 Å². The minimum absolute atomic E-state index is 0.0389. The number of pyridine rings is 1. The molecule has 1 saturated heterocycles. The Kier molecular flexibility index (Phi) is 5.38. The smallest absolute Gasteiger partial charge is 0.250 e. The SMILES string of the molecule is CC1(C(=O)Nc2cnc3ccccc3c2)CCN1C(=O)Cc1ccc(-c2ccccc2)cc1. The van der Waals surface area contributed by atoms with Gasteiger partial charge in [-0.2, -0.15) is 0 Å². The molecule has 1 aliphatic heterocycles. The number of likely N-dealkylation sites (tertiary alicyclic amines) is 1. The Bertz CT molecular complexity index is 1320. The molecule has 0 aliphatic carbocycles. The van der Waals surface area contributed by atoms with E-state index in [2.05, 4.69) is 22.4 Å². The number of nitrogens with zero attached hydrogens (tertiary/aromatic N) is 2. The van der Waals surface area contributed by atoms with Crippen molar-refractivity contribution < 1.29 is 9.59 Å². The van der Waals surface area contributed by atoms with Crippen LogP contribution in [0.15, 0.2) is 91.1 Å². The van der Waals surface area contributed by atoms with Crippen LogP contribution >= 0.6 is 0 Å². The summed E-state index contributed by atoms with van der Waals surface area (Å²) >= 11 is 0. The molecule has 33 heavy (non-hydrogen) atoms. The molecule has 0 saturated carbocycles. The molecule has 0 radical (unpaired) electrons. The van der Waals surface area contributed by atoms with Crippen molar-refractivity contribution in [2.45, 2.75) is 25.3 Å². The normalized spacial score (nSPS) is 17.4. The van der Waals surface area contributed by atoms with Crippen molar-refractivity contribution in [3.05, 3.63) is 96.7 Å². The van der Waals surface area contributed by atoms with Gasteiger partial charge in [-0.25, -0.2) is 0 Å². The summed E-state index contributed by atoms with van der Waals surface area (Å²) in [6, 6.07) is 27.9. The lowest BCUT2D eigenvalue weighted by molar-refractivity contribution is -0.154. The fourth-order valence-electron chi connectivity index (χ4n) is 4.32. The van der Waals surface area contributed by atoms with Crippen LogP contribution in [0.25, 0.3) is 22.0 Å². The average molecular weight is 436 g/mol. The highest BCUT2D eigenvalue weighted by atomic mass is 16.2. The fourth-order valence-corrected chi connectivity index (χ4v) is 4.32. The molecule has 5 rings (SSSR count).